The average Bonchev–Trinajstić information content (AvgIpc) is 3.96. The Hall–Kier alpha value is -8.97. The molecule has 0 amide bonds. The zero-order valence-corrected chi connectivity index (χ0v) is 38.6. The lowest BCUT2D eigenvalue weighted by Gasteiger charge is -2.34. The molecule has 69 heavy (non-hydrogen) atoms. The van der Waals surface area contributed by atoms with Crippen LogP contribution in [0.3, 0.4) is 0 Å². The molecule has 0 saturated heterocycles. The lowest BCUT2D eigenvalue weighted by Crippen LogP contribution is -2.74. The van der Waals surface area contributed by atoms with Crippen LogP contribution in [0.1, 0.15) is 0 Å². The third kappa shape index (κ3) is 6.56. The number of fused-ring (bicyclic) bond motifs is 7. The number of hydrogen-bond acceptors (Lipinski definition) is 3. The molecule has 6 heteroatoms. The lowest BCUT2D eigenvalue weighted by molar-refractivity contribution is 0.953. The van der Waals surface area contributed by atoms with Crippen LogP contribution in [0, 0.1) is 0 Å². The summed E-state index contributed by atoms with van der Waals surface area (Å²) in [6.07, 6.45) is 0. The molecule has 0 atom stereocenters. The van der Waals surface area contributed by atoms with Crippen molar-refractivity contribution in [3.63, 3.8) is 0 Å². The fourth-order valence-electron chi connectivity index (χ4n) is 10.8. The zero-order valence-electron chi connectivity index (χ0n) is 37.6. The van der Waals surface area contributed by atoms with Crippen LogP contribution in [0.5, 0.6) is 0 Å². The molecule has 0 N–H and O–H groups in total. The van der Waals surface area contributed by atoms with Gasteiger partial charge in [0.05, 0.1) is 27.8 Å². The third-order valence-corrected chi connectivity index (χ3v) is 18.5. The fraction of sp³-hybridized carbons (Fsp3) is 0. The van der Waals surface area contributed by atoms with Crippen LogP contribution in [-0.2, 0) is 0 Å². The van der Waals surface area contributed by atoms with Crippen molar-refractivity contribution in [2.45, 2.75) is 0 Å². The molecule has 0 radical (unpaired) electrons. The highest BCUT2D eigenvalue weighted by atomic mass is 28.3. The predicted octanol–water partition coefficient (Wildman–Crippen LogP) is 12.4. The molecule has 3 heterocycles. The first kappa shape index (κ1) is 40.3. The van der Waals surface area contributed by atoms with E-state index in [2.05, 4.69) is 252 Å². The second-order valence-corrected chi connectivity index (χ2v) is 21.3. The molecule has 5 nitrogen and oxygen atoms in total. The third-order valence-electron chi connectivity index (χ3n) is 13.7. The summed E-state index contributed by atoms with van der Waals surface area (Å²) in [6, 6.07) is 93.8. The van der Waals surface area contributed by atoms with E-state index in [1.807, 2.05) is 18.2 Å². The minimum Gasteiger partial charge on any atom is -0.307 e. The second-order valence-electron chi connectivity index (χ2n) is 17.5. The molecule has 13 rings (SSSR count). The van der Waals surface area contributed by atoms with Gasteiger partial charge in [0.2, 0.25) is 5.95 Å². The normalized spacial score (nSPS) is 11.8. The minimum atomic E-state index is -2.87. The molecule has 0 spiro atoms. The summed E-state index contributed by atoms with van der Waals surface area (Å²) in [7, 11) is -2.87. The van der Waals surface area contributed by atoms with Gasteiger partial charge in [-0.1, -0.05) is 243 Å². The van der Waals surface area contributed by atoms with Crippen molar-refractivity contribution in [1.29, 1.82) is 0 Å². The molecule has 0 unspecified atom stereocenters. The van der Waals surface area contributed by atoms with Crippen molar-refractivity contribution in [3.8, 4) is 45.5 Å². The van der Waals surface area contributed by atoms with Gasteiger partial charge in [0.1, 0.15) is 0 Å². The van der Waals surface area contributed by atoms with E-state index in [9.17, 15) is 0 Å². The lowest BCUT2D eigenvalue weighted by atomic mass is 10.0. The minimum absolute atomic E-state index is 0.550. The number of hydrogen-bond donors (Lipinski definition) is 0. The largest absolute Gasteiger partial charge is 0.307 e. The van der Waals surface area contributed by atoms with E-state index in [-0.39, 0.29) is 0 Å². The summed E-state index contributed by atoms with van der Waals surface area (Å²) >= 11 is 0. The maximum absolute atomic E-state index is 5.59. The summed E-state index contributed by atoms with van der Waals surface area (Å²) in [5, 5.41) is 9.73. The van der Waals surface area contributed by atoms with E-state index in [0.717, 1.165) is 66.2 Å². The number of aromatic nitrogens is 5. The first-order valence-corrected chi connectivity index (χ1v) is 25.5. The van der Waals surface area contributed by atoms with E-state index >= 15 is 0 Å². The summed E-state index contributed by atoms with van der Waals surface area (Å²) in [5.74, 6) is 1.76. The molecular weight excluding hydrogens is 855 g/mol. The van der Waals surface area contributed by atoms with Gasteiger partial charge in [-0.2, -0.15) is 9.97 Å². The average molecular weight is 898 g/mol. The van der Waals surface area contributed by atoms with E-state index in [1.165, 1.54) is 26.1 Å². The van der Waals surface area contributed by atoms with Gasteiger partial charge in [0, 0.05) is 38.2 Å². The standard InChI is InChI=1S/C63H43N5Si/c1-6-23-44(24-7-1)51-35-16-19-38-56(51)67-57-39-20-17-36-52(57)54-41-42-55-53-37-18-21-40-58(53)68(60(55)59(54)67)63-65-61(45-25-8-2-9-26-45)64-62(66-63)46-27-22-34-50(43-46)69(47-28-10-3-11-29-47,48-30-12-4-13-31-48)49-32-14-5-15-33-49/h1-43H. The molecular formula is C63H43N5Si. The van der Waals surface area contributed by atoms with Gasteiger partial charge in [-0.3, -0.25) is 4.57 Å². The van der Waals surface area contributed by atoms with Crippen molar-refractivity contribution in [3.05, 3.63) is 261 Å². The molecule has 10 aromatic carbocycles. The molecule has 0 aliphatic heterocycles. The van der Waals surface area contributed by atoms with Crippen molar-refractivity contribution in [1.82, 2.24) is 24.1 Å². The van der Waals surface area contributed by atoms with Gasteiger partial charge >= 0.3 is 0 Å². The van der Waals surface area contributed by atoms with Crippen LogP contribution in [0.15, 0.2) is 261 Å². The van der Waals surface area contributed by atoms with Crippen LogP contribution < -0.4 is 20.7 Å². The van der Waals surface area contributed by atoms with Gasteiger partial charge in [0.25, 0.3) is 0 Å². The van der Waals surface area contributed by atoms with E-state index in [1.54, 1.807) is 0 Å². The quantitative estimate of drug-likeness (QED) is 0.107. The predicted molar refractivity (Wildman–Crippen MR) is 288 cm³/mol. The van der Waals surface area contributed by atoms with Crippen LogP contribution in [0.4, 0.5) is 0 Å². The second kappa shape index (κ2) is 16.7. The number of rotatable bonds is 9. The van der Waals surface area contributed by atoms with E-state index in [0.29, 0.717) is 17.6 Å². The molecule has 324 valence electrons. The Morgan fingerprint density at radius 1 is 0.290 bits per heavy atom. The maximum atomic E-state index is 5.59. The summed E-state index contributed by atoms with van der Waals surface area (Å²) < 4.78 is 4.74. The van der Waals surface area contributed by atoms with Gasteiger partial charge in [-0.15, -0.1) is 0 Å². The Labute approximate surface area is 400 Å². The number of para-hydroxylation sites is 3. The number of nitrogens with zero attached hydrogens (tertiary/aromatic N) is 5. The van der Waals surface area contributed by atoms with Crippen molar-refractivity contribution < 1.29 is 0 Å². The molecule has 13 aromatic rings. The Morgan fingerprint density at radius 3 is 1.29 bits per heavy atom. The fourth-order valence-corrected chi connectivity index (χ4v) is 15.6. The van der Waals surface area contributed by atoms with Crippen LogP contribution in [-0.4, -0.2) is 32.2 Å². The highest BCUT2D eigenvalue weighted by Crippen LogP contribution is 2.43. The smallest absolute Gasteiger partial charge is 0.238 e. The Morgan fingerprint density at radius 2 is 0.710 bits per heavy atom. The monoisotopic (exact) mass is 897 g/mol. The van der Waals surface area contributed by atoms with E-state index < -0.39 is 8.07 Å². The highest BCUT2D eigenvalue weighted by molar-refractivity contribution is 7.19. The first-order valence-electron chi connectivity index (χ1n) is 23.5. The molecule has 0 aliphatic rings. The molecule has 0 saturated carbocycles. The van der Waals surface area contributed by atoms with Gasteiger partial charge < -0.3 is 4.57 Å². The highest BCUT2D eigenvalue weighted by Gasteiger charge is 2.41. The van der Waals surface area contributed by atoms with Crippen molar-refractivity contribution >= 4 is 72.4 Å². The number of benzene rings is 10. The van der Waals surface area contributed by atoms with Crippen molar-refractivity contribution in [2.75, 3.05) is 0 Å². The summed E-state index contributed by atoms with van der Waals surface area (Å²) in [4.78, 5) is 16.4. The van der Waals surface area contributed by atoms with Crippen LogP contribution in [0.2, 0.25) is 0 Å². The van der Waals surface area contributed by atoms with E-state index in [4.69, 9.17) is 15.0 Å². The molecule has 0 aliphatic carbocycles. The summed E-state index contributed by atoms with van der Waals surface area (Å²) in [5.41, 5.74) is 9.49. The van der Waals surface area contributed by atoms with Crippen LogP contribution in [0.25, 0.3) is 89.2 Å². The Balaban J connectivity index is 1.12. The Kier molecular flexibility index (Phi) is 9.77. The Bertz CT molecular complexity index is 3900. The van der Waals surface area contributed by atoms with Gasteiger partial charge in [0.15, 0.2) is 19.7 Å². The topological polar surface area (TPSA) is 48.5 Å². The molecule has 0 bridgehead atoms. The van der Waals surface area contributed by atoms with Gasteiger partial charge in [-0.05, 0) is 44.5 Å². The van der Waals surface area contributed by atoms with Crippen LogP contribution >= 0.6 is 0 Å². The first-order chi connectivity index (χ1) is 34.3. The molecule has 0 fully saturated rings. The summed E-state index contributed by atoms with van der Waals surface area (Å²) in [6.45, 7) is 0. The zero-order chi connectivity index (χ0) is 45.7. The van der Waals surface area contributed by atoms with Crippen molar-refractivity contribution in [2.24, 2.45) is 0 Å². The van der Waals surface area contributed by atoms with Gasteiger partial charge in [-0.25, -0.2) is 4.98 Å². The molecule has 3 aromatic heterocycles. The maximum Gasteiger partial charge on any atom is 0.238 e. The SMILES string of the molecule is c1ccc(-c2nc(-c3cccc([Si](c4ccccc4)(c4ccccc4)c4ccccc4)c3)nc(-n3c4ccccc4c4ccc5c6ccccc6n(-c6ccccc6-c6ccccc6)c5c43)n2)cc1.